The second-order valence-electron chi connectivity index (χ2n) is 7.04. The summed E-state index contributed by atoms with van der Waals surface area (Å²) >= 11 is 1.72. The van der Waals surface area contributed by atoms with Crippen molar-refractivity contribution in [1.82, 2.24) is 15.6 Å². The van der Waals surface area contributed by atoms with Crippen molar-refractivity contribution in [2.75, 3.05) is 13.1 Å². The Morgan fingerprint density at radius 3 is 2.81 bits per heavy atom. The Hall–Kier alpha value is -0.880. The van der Waals surface area contributed by atoms with Crippen LogP contribution in [0.4, 0.5) is 0 Å². The van der Waals surface area contributed by atoms with Crippen molar-refractivity contribution in [3.05, 3.63) is 29.3 Å². The van der Waals surface area contributed by atoms with Gasteiger partial charge in [-0.15, -0.1) is 36.2 Å². The van der Waals surface area contributed by atoms with E-state index in [4.69, 9.17) is 0 Å². The number of carbonyl (C=O) groups excluding carboxylic acids is 1. The molecular formula is C19H29Cl2N3OS. The van der Waals surface area contributed by atoms with Crippen LogP contribution >= 0.6 is 36.2 Å². The Morgan fingerprint density at radius 2 is 2.12 bits per heavy atom. The Morgan fingerprint density at radius 1 is 1.35 bits per heavy atom. The topological polar surface area (TPSA) is 54.0 Å². The molecule has 146 valence electrons. The number of amides is 1. The fourth-order valence-corrected chi connectivity index (χ4v) is 4.57. The number of piperidine rings is 1. The zero-order chi connectivity index (χ0) is 16.9. The Balaban J connectivity index is 0.00000169. The van der Waals surface area contributed by atoms with E-state index in [0.29, 0.717) is 18.3 Å². The molecule has 0 aliphatic carbocycles. The molecule has 3 atom stereocenters. The van der Waals surface area contributed by atoms with E-state index in [1.54, 1.807) is 11.3 Å². The third-order valence-electron chi connectivity index (χ3n) is 4.87. The molecule has 0 bridgehead atoms. The van der Waals surface area contributed by atoms with Gasteiger partial charge in [-0.3, -0.25) is 4.79 Å². The van der Waals surface area contributed by atoms with Crippen LogP contribution < -0.4 is 10.6 Å². The molecule has 1 aromatic heterocycles. The van der Waals surface area contributed by atoms with Gasteiger partial charge in [0.05, 0.1) is 15.2 Å². The molecule has 4 nitrogen and oxygen atoms in total. The van der Waals surface area contributed by atoms with Crippen molar-refractivity contribution >= 4 is 52.3 Å². The van der Waals surface area contributed by atoms with E-state index in [-0.39, 0.29) is 36.8 Å². The summed E-state index contributed by atoms with van der Waals surface area (Å²) in [6.07, 6.45) is 3.88. The monoisotopic (exact) mass is 417 g/mol. The molecule has 0 spiro atoms. The van der Waals surface area contributed by atoms with Gasteiger partial charge in [0, 0.05) is 18.9 Å². The lowest BCUT2D eigenvalue weighted by Gasteiger charge is -2.28. The molecule has 1 aliphatic rings. The van der Waals surface area contributed by atoms with E-state index in [9.17, 15) is 4.79 Å². The van der Waals surface area contributed by atoms with Gasteiger partial charge in [0.1, 0.15) is 0 Å². The lowest BCUT2D eigenvalue weighted by atomic mass is 9.85. The van der Waals surface area contributed by atoms with Crippen LogP contribution in [0.1, 0.15) is 38.1 Å². The average Bonchev–Trinajstić information content (AvgIpc) is 2.97. The minimum Gasteiger partial charge on any atom is -0.353 e. The first kappa shape index (κ1) is 23.2. The molecule has 1 saturated heterocycles. The van der Waals surface area contributed by atoms with Crippen LogP contribution in [-0.4, -0.2) is 30.0 Å². The number of nitrogens with zero attached hydrogens (tertiary/aromatic N) is 1. The van der Waals surface area contributed by atoms with E-state index in [1.165, 1.54) is 17.5 Å². The summed E-state index contributed by atoms with van der Waals surface area (Å²) in [5, 5.41) is 7.68. The van der Waals surface area contributed by atoms with Gasteiger partial charge in [-0.05, 0) is 56.8 Å². The lowest BCUT2D eigenvalue weighted by molar-refractivity contribution is -0.122. The van der Waals surface area contributed by atoms with Gasteiger partial charge in [-0.25, -0.2) is 4.98 Å². The summed E-state index contributed by atoms with van der Waals surface area (Å²) in [6.45, 7) is 6.44. The van der Waals surface area contributed by atoms with Gasteiger partial charge in [0.2, 0.25) is 5.91 Å². The largest absolute Gasteiger partial charge is 0.353 e. The molecule has 1 fully saturated rings. The van der Waals surface area contributed by atoms with Gasteiger partial charge in [0.15, 0.2) is 0 Å². The van der Waals surface area contributed by atoms with Crippen molar-refractivity contribution < 1.29 is 4.79 Å². The van der Waals surface area contributed by atoms with E-state index in [1.807, 2.05) is 18.2 Å². The smallest absolute Gasteiger partial charge is 0.220 e. The Bertz CT molecular complexity index is 655. The van der Waals surface area contributed by atoms with Gasteiger partial charge in [-0.1, -0.05) is 19.1 Å². The summed E-state index contributed by atoms with van der Waals surface area (Å²) in [4.78, 5) is 17.0. The molecule has 0 saturated carbocycles. The summed E-state index contributed by atoms with van der Waals surface area (Å²) < 4.78 is 1.21. The van der Waals surface area contributed by atoms with Crippen LogP contribution in [0.3, 0.4) is 0 Å². The normalized spacial score (nSPS) is 19.1. The van der Waals surface area contributed by atoms with E-state index in [0.717, 1.165) is 30.0 Å². The highest BCUT2D eigenvalue weighted by Gasteiger charge is 2.22. The maximum atomic E-state index is 12.3. The van der Waals surface area contributed by atoms with Crippen LogP contribution in [0, 0.1) is 11.8 Å². The number of carbonyl (C=O) groups is 1. The first-order valence-electron chi connectivity index (χ1n) is 8.96. The SMILES string of the molecule is CC(Cc1nc2ccccc2s1)NC(=O)CC(C)C1CCCNC1.Cl.Cl. The third kappa shape index (κ3) is 6.38. The van der Waals surface area contributed by atoms with E-state index < -0.39 is 0 Å². The zero-order valence-corrected chi connectivity index (χ0v) is 17.8. The summed E-state index contributed by atoms with van der Waals surface area (Å²) in [7, 11) is 0. The molecule has 3 rings (SSSR count). The highest BCUT2D eigenvalue weighted by molar-refractivity contribution is 7.18. The summed E-state index contributed by atoms with van der Waals surface area (Å²) in [5.41, 5.74) is 1.05. The van der Waals surface area contributed by atoms with Crippen LogP contribution in [0.5, 0.6) is 0 Å². The number of para-hydroxylation sites is 1. The summed E-state index contributed by atoms with van der Waals surface area (Å²) in [6, 6.07) is 8.31. The number of fused-ring (bicyclic) bond motifs is 1. The highest BCUT2D eigenvalue weighted by Crippen LogP contribution is 2.24. The summed E-state index contributed by atoms with van der Waals surface area (Å²) in [5.74, 6) is 1.23. The van der Waals surface area contributed by atoms with Gasteiger partial charge >= 0.3 is 0 Å². The number of thiazole rings is 1. The van der Waals surface area contributed by atoms with E-state index in [2.05, 4.69) is 35.5 Å². The molecule has 2 aromatic rings. The third-order valence-corrected chi connectivity index (χ3v) is 5.93. The molecule has 1 aromatic carbocycles. The first-order valence-corrected chi connectivity index (χ1v) is 9.78. The molecule has 2 heterocycles. The quantitative estimate of drug-likeness (QED) is 0.739. The minimum absolute atomic E-state index is 0. The molecule has 0 radical (unpaired) electrons. The Labute approximate surface area is 172 Å². The molecule has 7 heteroatoms. The van der Waals surface area contributed by atoms with Crippen molar-refractivity contribution in [3.8, 4) is 0 Å². The Kier molecular flexibility index (Phi) is 9.86. The van der Waals surface area contributed by atoms with Crippen LogP contribution in [0.15, 0.2) is 24.3 Å². The van der Waals surface area contributed by atoms with Crippen LogP contribution in [0.2, 0.25) is 0 Å². The van der Waals surface area contributed by atoms with Gasteiger partial charge < -0.3 is 10.6 Å². The lowest BCUT2D eigenvalue weighted by Crippen LogP contribution is -2.38. The maximum absolute atomic E-state index is 12.3. The molecule has 1 amide bonds. The van der Waals surface area contributed by atoms with Crippen LogP contribution in [-0.2, 0) is 11.2 Å². The minimum atomic E-state index is 0. The van der Waals surface area contributed by atoms with Crippen LogP contribution in [0.25, 0.3) is 10.2 Å². The molecule has 1 aliphatic heterocycles. The van der Waals surface area contributed by atoms with E-state index >= 15 is 0 Å². The second-order valence-corrected chi connectivity index (χ2v) is 8.15. The number of hydrogen-bond donors (Lipinski definition) is 2. The number of halogens is 2. The maximum Gasteiger partial charge on any atom is 0.220 e. The molecule has 2 N–H and O–H groups in total. The average molecular weight is 418 g/mol. The molecule has 3 unspecified atom stereocenters. The van der Waals surface area contributed by atoms with Gasteiger partial charge in [-0.2, -0.15) is 0 Å². The standard InChI is InChI=1S/C19H27N3OS.2ClH/c1-13(15-6-5-9-20-12-15)10-18(23)21-14(2)11-19-22-16-7-3-4-8-17(16)24-19;;/h3-4,7-8,13-15,20H,5-6,9-12H2,1-2H3,(H,21,23);2*1H. The second kappa shape index (κ2) is 11.1. The molecule has 26 heavy (non-hydrogen) atoms. The number of hydrogen-bond acceptors (Lipinski definition) is 4. The number of nitrogens with one attached hydrogen (secondary N) is 2. The fraction of sp³-hybridized carbons (Fsp3) is 0.579. The number of aromatic nitrogens is 1. The molecular weight excluding hydrogens is 389 g/mol. The van der Waals surface area contributed by atoms with Crippen molar-refractivity contribution in [1.29, 1.82) is 0 Å². The highest BCUT2D eigenvalue weighted by atomic mass is 35.5. The predicted molar refractivity (Wildman–Crippen MR) is 115 cm³/mol. The predicted octanol–water partition coefficient (Wildman–Crippen LogP) is 4.21. The van der Waals surface area contributed by atoms with Crippen molar-refractivity contribution in [3.63, 3.8) is 0 Å². The fourth-order valence-electron chi connectivity index (χ4n) is 3.48. The zero-order valence-electron chi connectivity index (χ0n) is 15.4. The van der Waals surface area contributed by atoms with Crippen molar-refractivity contribution in [2.45, 2.75) is 45.6 Å². The van der Waals surface area contributed by atoms with Crippen molar-refractivity contribution in [2.24, 2.45) is 11.8 Å². The number of rotatable bonds is 6. The number of benzene rings is 1. The first-order chi connectivity index (χ1) is 11.6. The van der Waals surface area contributed by atoms with Gasteiger partial charge in [0.25, 0.3) is 0 Å².